The van der Waals surface area contributed by atoms with Gasteiger partial charge in [-0.1, -0.05) is 19.1 Å². The summed E-state index contributed by atoms with van der Waals surface area (Å²) in [5.41, 5.74) is 1.80. The highest BCUT2D eigenvalue weighted by Crippen LogP contribution is 2.32. The molecule has 3 heterocycles. The van der Waals surface area contributed by atoms with Crippen molar-refractivity contribution >= 4 is 22.8 Å². The third kappa shape index (κ3) is 4.68. The molecule has 4 rings (SSSR count). The van der Waals surface area contributed by atoms with Crippen molar-refractivity contribution in [3.63, 3.8) is 0 Å². The molecule has 2 aromatic heterocycles. The van der Waals surface area contributed by atoms with Crippen LogP contribution in [0.1, 0.15) is 49.4 Å². The van der Waals surface area contributed by atoms with E-state index < -0.39 is 17.8 Å². The first-order chi connectivity index (χ1) is 15.2. The van der Waals surface area contributed by atoms with Gasteiger partial charge in [0.05, 0.1) is 5.92 Å². The molecule has 1 saturated heterocycles. The monoisotopic (exact) mass is 446 g/mol. The third-order valence-electron chi connectivity index (χ3n) is 6.02. The van der Waals surface area contributed by atoms with E-state index in [-0.39, 0.29) is 12.5 Å². The van der Waals surface area contributed by atoms with Crippen LogP contribution in [0, 0.1) is 5.92 Å². The van der Waals surface area contributed by atoms with Gasteiger partial charge in [0.2, 0.25) is 5.91 Å². The summed E-state index contributed by atoms with van der Waals surface area (Å²) >= 11 is 0. The number of pyridine rings is 1. The lowest BCUT2D eigenvalue weighted by Crippen LogP contribution is -2.35. The molecule has 1 fully saturated rings. The molecule has 7 nitrogen and oxygen atoms in total. The number of halogens is 3. The minimum atomic E-state index is -4.52. The van der Waals surface area contributed by atoms with Gasteiger partial charge in [-0.25, -0.2) is 4.98 Å². The molecule has 0 spiro atoms. The number of carbonyl (C=O) groups is 1. The lowest BCUT2D eigenvalue weighted by Gasteiger charge is -2.33. The summed E-state index contributed by atoms with van der Waals surface area (Å²) in [6.07, 6.45) is -2.73. The smallest absolute Gasteiger partial charge is 0.356 e. The van der Waals surface area contributed by atoms with E-state index in [0.29, 0.717) is 41.4 Å². The number of nitrogens with one attached hydrogen (secondary N) is 2. The van der Waals surface area contributed by atoms with Crippen LogP contribution in [-0.4, -0.2) is 39.4 Å². The molecular weight excluding hydrogens is 421 g/mol. The Labute approximate surface area is 183 Å². The van der Waals surface area contributed by atoms with Crippen molar-refractivity contribution < 1.29 is 18.0 Å². The molecule has 1 amide bonds. The maximum atomic E-state index is 13.3. The van der Waals surface area contributed by atoms with E-state index >= 15 is 0 Å². The van der Waals surface area contributed by atoms with Gasteiger partial charge in [0.1, 0.15) is 22.5 Å². The Morgan fingerprint density at radius 1 is 1.19 bits per heavy atom. The Hall–Kier alpha value is -3.17. The van der Waals surface area contributed by atoms with Crippen LogP contribution >= 0.6 is 0 Å². The lowest BCUT2D eigenvalue weighted by atomic mass is 9.98. The van der Waals surface area contributed by atoms with Crippen molar-refractivity contribution in [3.05, 3.63) is 47.2 Å². The summed E-state index contributed by atoms with van der Waals surface area (Å²) < 4.78 is 39.8. The number of rotatable bonds is 5. The Kier molecular flexibility index (Phi) is 6.03. The second kappa shape index (κ2) is 8.76. The van der Waals surface area contributed by atoms with Gasteiger partial charge < -0.3 is 10.2 Å². The van der Waals surface area contributed by atoms with Gasteiger partial charge in [0.15, 0.2) is 0 Å². The Balaban J connectivity index is 1.51. The number of H-pyrrole nitrogens is 1. The number of nitrogens with zero attached hydrogens (tertiary/aromatic N) is 4. The summed E-state index contributed by atoms with van der Waals surface area (Å²) in [6, 6.07) is 7.78. The third-order valence-corrected chi connectivity index (χ3v) is 6.02. The van der Waals surface area contributed by atoms with Crippen LogP contribution in [0.2, 0.25) is 0 Å². The first-order valence-corrected chi connectivity index (χ1v) is 10.6. The molecule has 0 saturated carbocycles. The van der Waals surface area contributed by atoms with Crippen LogP contribution in [0.4, 0.5) is 19.0 Å². The Morgan fingerprint density at radius 2 is 1.91 bits per heavy atom. The molecule has 1 aliphatic heterocycles. The van der Waals surface area contributed by atoms with Crippen molar-refractivity contribution in [1.29, 1.82) is 0 Å². The van der Waals surface area contributed by atoms with Crippen molar-refractivity contribution in [2.24, 2.45) is 5.92 Å². The number of alkyl halides is 3. The van der Waals surface area contributed by atoms with Crippen molar-refractivity contribution in [2.75, 3.05) is 18.0 Å². The second-order valence-corrected chi connectivity index (χ2v) is 8.36. The maximum Gasteiger partial charge on any atom is 0.433 e. The highest BCUT2D eigenvalue weighted by atomic mass is 19.4. The molecule has 10 heteroatoms. The molecule has 170 valence electrons. The summed E-state index contributed by atoms with van der Waals surface area (Å²) in [5.74, 6) is 0.135. The molecule has 2 N–H and O–H groups in total. The number of amides is 1. The van der Waals surface area contributed by atoms with E-state index in [4.69, 9.17) is 0 Å². The normalized spacial score (nSPS) is 16.3. The largest absolute Gasteiger partial charge is 0.433 e. The number of hydrogen-bond acceptors (Lipinski definition) is 5. The van der Waals surface area contributed by atoms with Crippen molar-refractivity contribution in [1.82, 2.24) is 25.7 Å². The molecule has 1 unspecified atom stereocenters. The average molecular weight is 446 g/mol. The van der Waals surface area contributed by atoms with Crippen molar-refractivity contribution in [2.45, 2.75) is 45.3 Å². The molecule has 1 aromatic carbocycles. The van der Waals surface area contributed by atoms with E-state index in [1.165, 1.54) is 6.07 Å². The fourth-order valence-electron chi connectivity index (χ4n) is 3.88. The fraction of sp³-hybridized carbons (Fsp3) is 0.455. The number of anilines is 1. The topological polar surface area (TPSA) is 86.8 Å². The highest BCUT2D eigenvalue weighted by Gasteiger charge is 2.34. The predicted octanol–water partition coefficient (Wildman–Crippen LogP) is 4.03. The molecule has 1 aliphatic rings. The molecule has 0 radical (unpaired) electrons. The van der Waals surface area contributed by atoms with Crippen LogP contribution in [0.3, 0.4) is 0 Å². The minimum Gasteiger partial charge on any atom is -0.356 e. The van der Waals surface area contributed by atoms with E-state index in [0.717, 1.165) is 24.5 Å². The maximum absolute atomic E-state index is 13.3. The number of hydrogen-bond donors (Lipinski definition) is 2. The Bertz CT molecular complexity index is 1100. The number of carbonyl (C=O) groups excluding carboxylic acids is 1. The second-order valence-electron chi connectivity index (χ2n) is 8.36. The zero-order valence-electron chi connectivity index (χ0n) is 17.9. The standard InChI is InChI=1S/C22H25F3N6O/c1-13-7-9-31(10-8-13)20-16(4-6-19(27-20)22(23,24)25)12-26-21(32)14(2)15-3-5-17-18(11-15)29-30-28-17/h3-6,11,13-14H,7-10,12H2,1-2H3,(H,26,32)(H,28,29,30). The number of aromatic amines is 1. The number of aromatic nitrogens is 4. The van der Waals surface area contributed by atoms with E-state index in [9.17, 15) is 18.0 Å². The molecule has 0 bridgehead atoms. The van der Waals surface area contributed by atoms with Crippen LogP contribution in [0.25, 0.3) is 11.0 Å². The van der Waals surface area contributed by atoms with E-state index in [1.54, 1.807) is 19.1 Å². The van der Waals surface area contributed by atoms with Gasteiger partial charge in [0, 0.05) is 25.2 Å². The van der Waals surface area contributed by atoms with Gasteiger partial charge in [-0.15, -0.1) is 0 Å². The van der Waals surface area contributed by atoms with Gasteiger partial charge in [-0.2, -0.15) is 28.6 Å². The summed E-state index contributed by atoms with van der Waals surface area (Å²) in [7, 11) is 0. The molecule has 32 heavy (non-hydrogen) atoms. The fourth-order valence-corrected chi connectivity index (χ4v) is 3.88. The number of benzene rings is 1. The summed E-state index contributed by atoms with van der Waals surface area (Å²) in [4.78, 5) is 18.6. The van der Waals surface area contributed by atoms with Gasteiger partial charge in [0.25, 0.3) is 0 Å². The van der Waals surface area contributed by atoms with Gasteiger partial charge in [-0.05, 0) is 49.4 Å². The quantitative estimate of drug-likeness (QED) is 0.618. The van der Waals surface area contributed by atoms with Gasteiger partial charge in [-0.3, -0.25) is 4.79 Å². The minimum absolute atomic E-state index is 0.0991. The van der Waals surface area contributed by atoms with E-state index in [2.05, 4.69) is 32.6 Å². The highest BCUT2D eigenvalue weighted by molar-refractivity contribution is 5.85. The zero-order valence-corrected chi connectivity index (χ0v) is 17.9. The van der Waals surface area contributed by atoms with Gasteiger partial charge >= 0.3 is 6.18 Å². The number of piperidine rings is 1. The first-order valence-electron chi connectivity index (χ1n) is 10.6. The van der Waals surface area contributed by atoms with Crippen LogP contribution in [-0.2, 0) is 17.5 Å². The summed E-state index contributed by atoms with van der Waals surface area (Å²) in [5, 5.41) is 13.4. The van der Waals surface area contributed by atoms with Crippen LogP contribution in [0.15, 0.2) is 30.3 Å². The Morgan fingerprint density at radius 3 is 2.62 bits per heavy atom. The molecule has 0 aliphatic carbocycles. The van der Waals surface area contributed by atoms with Crippen molar-refractivity contribution in [3.8, 4) is 0 Å². The van der Waals surface area contributed by atoms with E-state index in [1.807, 2.05) is 11.0 Å². The van der Waals surface area contributed by atoms with Crippen LogP contribution < -0.4 is 10.2 Å². The molecular formula is C22H25F3N6O. The average Bonchev–Trinajstić information content (AvgIpc) is 3.24. The lowest BCUT2D eigenvalue weighted by molar-refractivity contribution is -0.141. The first kappa shape index (κ1) is 22.0. The SMILES string of the molecule is CC1CCN(c2nc(C(F)(F)F)ccc2CNC(=O)C(C)c2ccc3n[nH]nc3c2)CC1. The molecule has 1 atom stereocenters. The summed E-state index contributed by atoms with van der Waals surface area (Å²) in [6.45, 7) is 5.29. The number of fused-ring (bicyclic) bond motifs is 1. The zero-order chi connectivity index (χ0) is 22.9. The predicted molar refractivity (Wildman–Crippen MR) is 114 cm³/mol. The molecule has 3 aromatic rings. The van der Waals surface area contributed by atoms with Crippen LogP contribution in [0.5, 0.6) is 0 Å².